The number of anilines is 1. The van der Waals surface area contributed by atoms with Crippen molar-refractivity contribution in [3.05, 3.63) is 59.4 Å². The highest BCUT2D eigenvalue weighted by Crippen LogP contribution is 2.21. The molecule has 0 bridgehead atoms. The van der Waals surface area contributed by atoms with E-state index in [1.54, 1.807) is 13.0 Å². The number of esters is 1. The number of amides is 1. The number of carbonyl (C=O) groups is 2. The van der Waals surface area contributed by atoms with Crippen LogP contribution in [0.2, 0.25) is 0 Å². The molecule has 2 aromatic rings. The highest BCUT2D eigenvalue weighted by Gasteiger charge is 2.20. The van der Waals surface area contributed by atoms with Crippen LogP contribution in [0.3, 0.4) is 0 Å². The van der Waals surface area contributed by atoms with Crippen LogP contribution < -0.4 is 10.1 Å². The molecule has 5 nitrogen and oxygen atoms in total. The van der Waals surface area contributed by atoms with Crippen LogP contribution in [0.1, 0.15) is 24.2 Å². The zero-order valence-electron chi connectivity index (χ0n) is 14.0. The standard InChI is InChI=1S/C18H16F3NO4/c1-3-25-18(24)11-5-4-6-12(9-11)26-10(2)17(23)22-14-8-7-13(19)15(20)16(14)21/h4-10H,3H2,1-2H3,(H,22,23)/t10-/m0/s1. The van der Waals surface area contributed by atoms with Crippen molar-refractivity contribution in [3.63, 3.8) is 0 Å². The summed E-state index contributed by atoms with van der Waals surface area (Å²) in [5.74, 6) is -5.66. The van der Waals surface area contributed by atoms with Crippen LogP contribution >= 0.6 is 0 Å². The lowest BCUT2D eigenvalue weighted by atomic mass is 10.2. The maximum atomic E-state index is 13.6. The lowest BCUT2D eigenvalue weighted by Gasteiger charge is -2.15. The van der Waals surface area contributed by atoms with E-state index in [0.29, 0.717) is 6.07 Å². The first-order valence-electron chi connectivity index (χ1n) is 7.71. The van der Waals surface area contributed by atoms with Gasteiger partial charge in [0.15, 0.2) is 23.6 Å². The largest absolute Gasteiger partial charge is 0.481 e. The predicted octanol–water partition coefficient (Wildman–Crippen LogP) is 3.69. The van der Waals surface area contributed by atoms with E-state index in [1.165, 1.54) is 25.1 Å². The van der Waals surface area contributed by atoms with Crippen molar-refractivity contribution in [1.82, 2.24) is 0 Å². The maximum absolute atomic E-state index is 13.6. The Hall–Kier alpha value is -3.03. The molecule has 0 unspecified atom stereocenters. The summed E-state index contributed by atoms with van der Waals surface area (Å²) in [5, 5.41) is 2.12. The minimum absolute atomic E-state index is 0.211. The van der Waals surface area contributed by atoms with Crippen LogP contribution in [0.5, 0.6) is 5.75 Å². The quantitative estimate of drug-likeness (QED) is 0.625. The number of hydrogen-bond acceptors (Lipinski definition) is 4. The van der Waals surface area contributed by atoms with Gasteiger partial charge in [0.2, 0.25) is 0 Å². The van der Waals surface area contributed by atoms with Crippen molar-refractivity contribution in [2.24, 2.45) is 0 Å². The van der Waals surface area contributed by atoms with Crippen molar-refractivity contribution < 1.29 is 32.2 Å². The number of nitrogens with one attached hydrogen (secondary N) is 1. The van der Waals surface area contributed by atoms with Gasteiger partial charge in [-0.05, 0) is 44.2 Å². The van der Waals surface area contributed by atoms with E-state index in [0.717, 1.165) is 6.07 Å². The Balaban J connectivity index is 2.07. The summed E-state index contributed by atoms with van der Waals surface area (Å²) >= 11 is 0. The third kappa shape index (κ3) is 4.53. The summed E-state index contributed by atoms with van der Waals surface area (Å²) in [6.07, 6.45) is -1.10. The monoisotopic (exact) mass is 367 g/mol. The number of halogens is 3. The first-order chi connectivity index (χ1) is 12.3. The topological polar surface area (TPSA) is 64.6 Å². The first-order valence-corrected chi connectivity index (χ1v) is 7.71. The van der Waals surface area contributed by atoms with Gasteiger partial charge < -0.3 is 14.8 Å². The van der Waals surface area contributed by atoms with Gasteiger partial charge in [0, 0.05) is 0 Å². The Bertz CT molecular complexity index is 826. The molecule has 1 N–H and O–H groups in total. The predicted molar refractivity (Wildman–Crippen MR) is 87.4 cm³/mol. The summed E-state index contributed by atoms with van der Waals surface area (Å²) < 4.78 is 50.0. The van der Waals surface area contributed by atoms with Crippen LogP contribution in [-0.2, 0) is 9.53 Å². The summed E-state index contributed by atoms with van der Waals surface area (Å²) in [7, 11) is 0. The number of hydrogen-bond donors (Lipinski definition) is 1. The molecular weight excluding hydrogens is 351 g/mol. The van der Waals surface area contributed by atoms with Crippen LogP contribution in [-0.4, -0.2) is 24.6 Å². The number of rotatable bonds is 6. The summed E-state index contributed by atoms with van der Waals surface area (Å²) in [6, 6.07) is 7.57. The van der Waals surface area contributed by atoms with Gasteiger partial charge in [-0.1, -0.05) is 6.07 Å². The number of carbonyl (C=O) groups excluding carboxylic acids is 2. The van der Waals surface area contributed by atoms with Crippen molar-refractivity contribution in [2.75, 3.05) is 11.9 Å². The molecule has 0 aliphatic heterocycles. The Morgan fingerprint density at radius 1 is 1.12 bits per heavy atom. The molecule has 0 aliphatic rings. The van der Waals surface area contributed by atoms with E-state index < -0.39 is 41.1 Å². The summed E-state index contributed by atoms with van der Waals surface area (Å²) in [4.78, 5) is 23.8. The van der Waals surface area contributed by atoms with Crippen LogP contribution in [0.15, 0.2) is 36.4 Å². The lowest BCUT2D eigenvalue weighted by molar-refractivity contribution is -0.122. The molecule has 0 saturated carbocycles. The minimum Gasteiger partial charge on any atom is -0.481 e. The normalized spacial score (nSPS) is 11.6. The Labute approximate surface area is 147 Å². The molecule has 1 amide bonds. The van der Waals surface area contributed by atoms with Crippen LogP contribution in [0.25, 0.3) is 0 Å². The molecular formula is C18H16F3NO4. The third-order valence-corrected chi connectivity index (χ3v) is 3.32. The minimum atomic E-state index is -1.68. The fourth-order valence-electron chi connectivity index (χ4n) is 2.03. The SMILES string of the molecule is CCOC(=O)c1cccc(O[C@@H](C)C(=O)Nc2ccc(F)c(F)c2F)c1. The zero-order valence-corrected chi connectivity index (χ0v) is 14.0. The molecule has 0 fully saturated rings. The van der Waals surface area contributed by atoms with Gasteiger partial charge in [-0.25, -0.2) is 18.0 Å². The molecule has 0 aromatic heterocycles. The second kappa shape index (κ2) is 8.37. The molecule has 0 heterocycles. The maximum Gasteiger partial charge on any atom is 0.338 e. The van der Waals surface area contributed by atoms with Gasteiger partial charge in [-0.15, -0.1) is 0 Å². The fourth-order valence-corrected chi connectivity index (χ4v) is 2.03. The molecule has 0 spiro atoms. The van der Waals surface area contributed by atoms with Gasteiger partial charge in [0.05, 0.1) is 17.9 Å². The smallest absolute Gasteiger partial charge is 0.338 e. The van der Waals surface area contributed by atoms with Gasteiger partial charge in [0.1, 0.15) is 5.75 Å². The molecule has 0 radical (unpaired) electrons. The van der Waals surface area contributed by atoms with Crippen LogP contribution in [0, 0.1) is 17.5 Å². The van der Waals surface area contributed by atoms with E-state index in [-0.39, 0.29) is 17.9 Å². The highest BCUT2D eigenvalue weighted by molar-refractivity contribution is 5.94. The average Bonchev–Trinajstić information content (AvgIpc) is 2.62. The van der Waals surface area contributed by atoms with Gasteiger partial charge in [-0.2, -0.15) is 0 Å². The lowest BCUT2D eigenvalue weighted by Crippen LogP contribution is -2.30. The average molecular weight is 367 g/mol. The van der Waals surface area contributed by atoms with E-state index in [2.05, 4.69) is 5.32 Å². The molecule has 0 saturated heterocycles. The highest BCUT2D eigenvalue weighted by atomic mass is 19.2. The van der Waals surface area contributed by atoms with Crippen molar-refractivity contribution in [2.45, 2.75) is 20.0 Å². The number of benzene rings is 2. The molecule has 8 heteroatoms. The van der Waals surface area contributed by atoms with Crippen molar-refractivity contribution in [1.29, 1.82) is 0 Å². The molecule has 2 rings (SSSR count). The molecule has 1 atom stereocenters. The second-order valence-corrected chi connectivity index (χ2v) is 5.22. The third-order valence-electron chi connectivity index (χ3n) is 3.32. The van der Waals surface area contributed by atoms with E-state index in [4.69, 9.17) is 9.47 Å². The zero-order chi connectivity index (χ0) is 19.3. The van der Waals surface area contributed by atoms with E-state index >= 15 is 0 Å². The van der Waals surface area contributed by atoms with E-state index in [1.807, 2.05) is 0 Å². The second-order valence-electron chi connectivity index (χ2n) is 5.22. The Morgan fingerprint density at radius 2 is 1.85 bits per heavy atom. The van der Waals surface area contributed by atoms with E-state index in [9.17, 15) is 22.8 Å². The number of ether oxygens (including phenoxy) is 2. The van der Waals surface area contributed by atoms with Gasteiger partial charge in [-0.3, -0.25) is 4.79 Å². The van der Waals surface area contributed by atoms with Crippen LogP contribution in [0.4, 0.5) is 18.9 Å². The fraction of sp³-hybridized carbons (Fsp3) is 0.222. The Morgan fingerprint density at radius 3 is 2.54 bits per heavy atom. The summed E-state index contributed by atoms with van der Waals surface area (Å²) in [6.45, 7) is 3.26. The molecule has 0 aliphatic carbocycles. The molecule has 2 aromatic carbocycles. The summed E-state index contributed by atoms with van der Waals surface area (Å²) in [5.41, 5.74) is -0.270. The first kappa shape index (κ1) is 19.3. The van der Waals surface area contributed by atoms with Gasteiger partial charge in [0.25, 0.3) is 5.91 Å². The Kier molecular flexibility index (Phi) is 6.21. The van der Waals surface area contributed by atoms with Gasteiger partial charge >= 0.3 is 5.97 Å². The van der Waals surface area contributed by atoms with Crippen molar-refractivity contribution in [3.8, 4) is 5.75 Å². The molecule has 26 heavy (non-hydrogen) atoms. The molecule has 138 valence electrons. The van der Waals surface area contributed by atoms with Crippen molar-refractivity contribution >= 4 is 17.6 Å².